The number of pyridine rings is 1. The fraction of sp³-hybridized carbons (Fsp3) is 0.400. The number of rotatable bonds is 7. The van der Waals surface area contributed by atoms with Crippen LogP contribution >= 0.6 is 0 Å². The Hall–Kier alpha value is -2.47. The summed E-state index contributed by atoms with van der Waals surface area (Å²) in [6, 6.07) is 11.3. The highest BCUT2D eigenvalue weighted by atomic mass is 19.1. The summed E-state index contributed by atoms with van der Waals surface area (Å²) in [7, 11) is 0. The molecular formula is C20H23FN2O3. The molecule has 26 heavy (non-hydrogen) atoms. The Morgan fingerprint density at radius 1 is 1.31 bits per heavy atom. The predicted molar refractivity (Wildman–Crippen MR) is 96.8 cm³/mol. The van der Waals surface area contributed by atoms with E-state index >= 15 is 0 Å². The first kappa shape index (κ1) is 18.3. The summed E-state index contributed by atoms with van der Waals surface area (Å²) in [5, 5.41) is 2.92. The maximum absolute atomic E-state index is 13.9. The molecule has 1 fully saturated rings. The average Bonchev–Trinajstić information content (AvgIpc) is 2.61. The van der Waals surface area contributed by atoms with Crippen molar-refractivity contribution in [2.75, 3.05) is 13.2 Å². The zero-order valence-corrected chi connectivity index (χ0v) is 14.8. The van der Waals surface area contributed by atoms with Gasteiger partial charge in [0.15, 0.2) is 5.82 Å². The van der Waals surface area contributed by atoms with Crippen molar-refractivity contribution in [1.29, 1.82) is 0 Å². The van der Waals surface area contributed by atoms with E-state index < -0.39 is 11.4 Å². The van der Waals surface area contributed by atoms with Crippen molar-refractivity contribution in [2.24, 2.45) is 0 Å². The largest absolute Gasteiger partial charge is 0.380 e. The topological polar surface area (TPSA) is 60.3 Å². The van der Waals surface area contributed by atoms with Crippen LogP contribution in [0.15, 0.2) is 47.4 Å². The Kier molecular flexibility index (Phi) is 5.83. The van der Waals surface area contributed by atoms with E-state index in [0.717, 1.165) is 18.9 Å². The monoisotopic (exact) mass is 358 g/mol. The lowest BCUT2D eigenvalue weighted by atomic mass is 9.76. The molecule has 1 aromatic carbocycles. The average molecular weight is 358 g/mol. The minimum atomic E-state index is -0.926. The Balaban J connectivity index is 1.61. The number of nitrogens with zero attached hydrogens (tertiary/aromatic N) is 1. The molecule has 0 spiro atoms. The molecule has 1 aliphatic rings. The van der Waals surface area contributed by atoms with Gasteiger partial charge in [-0.2, -0.15) is 0 Å². The highest BCUT2D eigenvalue weighted by Gasteiger charge is 2.31. The van der Waals surface area contributed by atoms with Gasteiger partial charge >= 0.3 is 0 Å². The number of hydrogen-bond acceptors (Lipinski definition) is 3. The van der Waals surface area contributed by atoms with Crippen LogP contribution in [0, 0.1) is 5.82 Å². The first-order valence-electron chi connectivity index (χ1n) is 8.92. The first-order chi connectivity index (χ1) is 12.6. The maximum atomic E-state index is 13.9. The van der Waals surface area contributed by atoms with E-state index in [0.29, 0.717) is 19.1 Å². The molecule has 1 aliphatic carbocycles. The van der Waals surface area contributed by atoms with Crippen LogP contribution in [0.1, 0.15) is 41.6 Å². The molecule has 3 rings (SSSR count). The van der Waals surface area contributed by atoms with Gasteiger partial charge in [0.1, 0.15) is 0 Å². The molecule has 1 saturated carbocycles. The van der Waals surface area contributed by atoms with E-state index in [1.807, 2.05) is 25.1 Å². The highest BCUT2D eigenvalue weighted by molar-refractivity contribution is 5.94. The van der Waals surface area contributed by atoms with Crippen LogP contribution in [0.5, 0.6) is 0 Å². The smallest absolute Gasteiger partial charge is 0.286 e. The third-order valence-corrected chi connectivity index (χ3v) is 4.73. The second-order valence-corrected chi connectivity index (χ2v) is 6.52. The number of hydrogen-bond donors (Lipinski definition) is 1. The minimum absolute atomic E-state index is 0.0690. The van der Waals surface area contributed by atoms with E-state index in [2.05, 4.69) is 17.4 Å². The van der Waals surface area contributed by atoms with Crippen molar-refractivity contribution in [1.82, 2.24) is 9.88 Å². The molecule has 0 saturated heterocycles. The van der Waals surface area contributed by atoms with E-state index in [1.165, 1.54) is 16.3 Å². The molecule has 2 aromatic rings. The second kappa shape index (κ2) is 8.27. The van der Waals surface area contributed by atoms with Gasteiger partial charge in [0.25, 0.3) is 11.5 Å². The second-order valence-electron chi connectivity index (χ2n) is 6.52. The van der Waals surface area contributed by atoms with E-state index in [1.54, 1.807) is 0 Å². The van der Waals surface area contributed by atoms with Crippen molar-refractivity contribution < 1.29 is 13.9 Å². The van der Waals surface area contributed by atoms with Crippen molar-refractivity contribution >= 4 is 5.91 Å². The fourth-order valence-corrected chi connectivity index (χ4v) is 3.20. The molecule has 1 amide bonds. The Labute approximate surface area is 151 Å². The number of aromatic nitrogens is 1. The number of carbonyl (C=O) groups excluding carboxylic acids is 1. The first-order valence-corrected chi connectivity index (χ1v) is 8.92. The van der Waals surface area contributed by atoms with E-state index in [4.69, 9.17) is 4.74 Å². The molecule has 0 unspecified atom stereocenters. The summed E-state index contributed by atoms with van der Waals surface area (Å²) in [5.74, 6) is -0.839. The van der Waals surface area contributed by atoms with Crippen LogP contribution in [0.2, 0.25) is 0 Å². The van der Waals surface area contributed by atoms with Gasteiger partial charge in [0, 0.05) is 25.4 Å². The van der Waals surface area contributed by atoms with Crippen LogP contribution in [0.4, 0.5) is 4.39 Å². The fourth-order valence-electron chi connectivity index (χ4n) is 3.20. The molecule has 0 bridgehead atoms. The van der Waals surface area contributed by atoms with Gasteiger partial charge in [-0.3, -0.25) is 9.59 Å². The summed E-state index contributed by atoms with van der Waals surface area (Å²) < 4.78 is 20.3. The maximum Gasteiger partial charge on any atom is 0.286 e. The van der Waals surface area contributed by atoms with Gasteiger partial charge < -0.3 is 14.6 Å². The molecule has 6 heteroatoms. The summed E-state index contributed by atoms with van der Waals surface area (Å²) in [5.41, 5.74) is 0.685. The van der Waals surface area contributed by atoms with Crippen molar-refractivity contribution in [3.8, 4) is 0 Å². The number of amides is 1. The Bertz CT molecular complexity index is 814. The molecule has 0 radical (unpaired) electrons. The molecule has 1 N–H and O–H groups in total. The van der Waals surface area contributed by atoms with Gasteiger partial charge in [-0.05, 0) is 37.3 Å². The van der Waals surface area contributed by atoms with Gasteiger partial charge in [0.05, 0.1) is 12.2 Å². The number of halogens is 1. The van der Waals surface area contributed by atoms with Crippen LogP contribution in [0.25, 0.3) is 0 Å². The SMILES string of the molecule is CCOCCn1cc(C(=O)NC2CC(c3ccccc3)C2)cc(F)c1=O. The number of carbonyl (C=O) groups is 1. The highest BCUT2D eigenvalue weighted by Crippen LogP contribution is 2.36. The van der Waals surface area contributed by atoms with Crippen LogP contribution in [-0.2, 0) is 11.3 Å². The normalized spacial score (nSPS) is 19.0. The molecule has 1 heterocycles. The quantitative estimate of drug-likeness (QED) is 0.774. The number of ether oxygens (including phenoxy) is 1. The van der Waals surface area contributed by atoms with Gasteiger partial charge in [0.2, 0.25) is 0 Å². The van der Waals surface area contributed by atoms with Crippen LogP contribution in [0.3, 0.4) is 0 Å². The summed E-state index contributed by atoms with van der Waals surface area (Å²) in [6.07, 6.45) is 3.12. The molecule has 1 aromatic heterocycles. The molecule has 5 nitrogen and oxygen atoms in total. The minimum Gasteiger partial charge on any atom is -0.380 e. The zero-order valence-electron chi connectivity index (χ0n) is 14.8. The van der Waals surface area contributed by atoms with E-state index in [9.17, 15) is 14.0 Å². The van der Waals surface area contributed by atoms with Crippen LogP contribution < -0.4 is 10.9 Å². The van der Waals surface area contributed by atoms with Crippen LogP contribution in [-0.4, -0.2) is 29.7 Å². The molecule has 0 aliphatic heterocycles. The third-order valence-electron chi connectivity index (χ3n) is 4.73. The van der Waals surface area contributed by atoms with Gasteiger partial charge in [-0.25, -0.2) is 4.39 Å². The third kappa shape index (κ3) is 4.19. The van der Waals surface area contributed by atoms with Gasteiger partial charge in [-0.15, -0.1) is 0 Å². The van der Waals surface area contributed by atoms with E-state index in [-0.39, 0.29) is 24.1 Å². The predicted octanol–water partition coefficient (Wildman–Crippen LogP) is 2.70. The number of benzene rings is 1. The lowest BCUT2D eigenvalue weighted by Crippen LogP contribution is -2.43. The zero-order chi connectivity index (χ0) is 18.5. The van der Waals surface area contributed by atoms with Crippen molar-refractivity contribution in [2.45, 2.75) is 38.3 Å². The van der Waals surface area contributed by atoms with Gasteiger partial charge in [-0.1, -0.05) is 30.3 Å². The summed E-state index contributed by atoms with van der Waals surface area (Å²) in [6.45, 7) is 2.86. The molecule has 0 atom stereocenters. The van der Waals surface area contributed by atoms with Crippen molar-refractivity contribution in [3.05, 3.63) is 69.9 Å². The summed E-state index contributed by atoms with van der Waals surface area (Å²) >= 11 is 0. The Morgan fingerprint density at radius 2 is 2.04 bits per heavy atom. The van der Waals surface area contributed by atoms with Crippen molar-refractivity contribution in [3.63, 3.8) is 0 Å². The molecule has 138 valence electrons. The lowest BCUT2D eigenvalue weighted by Gasteiger charge is -2.36. The number of nitrogens with one attached hydrogen (secondary N) is 1. The Morgan fingerprint density at radius 3 is 2.73 bits per heavy atom. The lowest BCUT2D eigenvalue weighted by molar-refractivity contribution is 0.0906. The molecular weight excluding hydrogens is 335 g/mol. The summed E-state index contributed by atoms with van der Waals surface area (Å²) in [4.78, 5) is 24.2. The standard InChI is InChI=1S/C20H23FN2O3/c1-2-26-9-8-23-13-16(12-18(21)20(23)25)19(24)22-17-10-15(11-17)14-6-4-3-5-7-14/h3-7,12-13,15,17H,2,8-11H2,1H3,(H,22,24).